The summed E-state index contributed by atoms with van der Waals surface area (Å²) in [6, 6.07) is 0. The van der Waals surface area contributed by atoms with Crippen molar-refractivity contribution in [3.8, 4) is 0 Å². The number of hydrogen-bond acceptors (Lipinski definition) is 4. The highest BCUT2D eigenvalue weighted by molar-refractivity contribution is 7.15. The van der Waals surface area contributed by atoms with Gasteiger partial charge < -0.3 is 15.8 Å². The van der Waals surface area contributed by atoms with Crippen molar-refractivity contribution in [1.29, 1.82) is 0 Å². The first-order valence-electron chi connectivity index (χ1n) is 3.38. The summed E-state index contributed by atoms with van der Waals surface area (Å²) >= 11 is 1.34. The molecule has 0 amide bonds. The van der Waals surface area contributed by atoms with Gasteiger partial charge in [0.15, 0.2) is 0 Å². The first-order chi connectivity index (χ1) is 5.16. The molecule has 0 fully saturated rings. The predicted molar refractivity (Wildman–Crippen MR) is 47.9 cm³/mol. The third-order valence-electron chi connectivity index (χ3n) is 1.58. The normalized spacial score (nSPS) is 10.1. The number of nitrogens with two attached hydrogens (primary N) is 1. The maximum absolute atomic E-state index is 8.89. The van der Waals surface area contributed by atoms with E-state index >= 15 is 0 Å². The molecule has 0 aliphatic rings. The summed E-state index contributed by atoms with van der Waals surface area (Å²) in [6.07, 6.45) is 0.778. The third kappa shape index (κ3) is 1.56. The average Bonchev–Trinajstić information content (AvgIpc) is 2.30. The standard InChI is InChI=1S/C6H10BNO2S/c1-2-4-3-11-6(8)5(4)7(9)10/h3,9-10H,2,8H2,1H3. The lowest BCUT2D eigenvalue weighted by atomic mass is 9.78. The van der Waals surface area contributed by atoms with Crippen molar-refractivity contribution < 1.29 is 10.0 Å². The van der Waals surface area contributed by atoms with Crippen LogP contribution in [0.25, 0.3) is 0 Å². The summed E-state index contributed by atoms with van der Waals surface area (Å²) in [7, 11) is -1.43. The Morgan fingerprint density at radius 2 is 2.27 bits per heavy atom. The molecule has 0 aliphatic heterocycles. The van der Waals surface area contributed by atoms with E-state index in [-0.39, 0.29) is 0 Å². The van der Waals surface area contributed by atoms with Gasteiger partial charge in [0.2, 0.25) is 0 Å². The number of anilines is 1. The van der Waals surface area contributed by atoms with Gasteiger partial charge in [-0.3, -0.25) is 0 Å². The Morgan fingerprint density at radius 3 is 2.64 bits per heavy atom. The van der Waals surface area contributed by atoms with Crippen LogP contribution in [0.1, 0.15) is 12.5 Å². The number of rotatable bonds is 2. The molecule has 0 radical (unpaired) electrons. The topological polar surface area (TPSA) is 66.5 Å². The average molecular weight is 171 g/mol. The number of aryl methyl sites for hydroxylation is 1. The Hall–Kier alpha value is -0.515. The van der Waals surface area contributed by atoms with Gasteiger partial charge in [-0.2, -0.15) is 0 Å². The molecule has 4 N–H and O–H groups in total. The Morgan fingerprint density at radius 1 is 1.64 bits per heavy atom. The molecule has 1 aromatic rings. The summed E-state index contributed by atoms with van der Waals surface area (Å²) < 4.78 is 0. The van der Waals surface area contributed by atoms with E-state index in [0.29, 0.717) is 10.5 Å². The maximum atomic E-state index is 8.89. The zero-order chi connectivity index (χ0) is 8.43. The van der Waals surface area contributed by atoms with Gasteiger partial charge in [-0.1, -0.05) is 6.92 Å². The molecule has 11 heavy (non-hydrogen) atoms. The van der Waals surface area contributed by atoms with E-state index in [4.69, 9.17) is 15.8 Å². The molecule has 1 aromatic heterocycles. The minimum absolute atomic E-state index is 0.470. The Kier molecular flexibility index (Phi) is 2.54. The highest BCUT2D eigenvalue weighted by atomic mass is 32.1. The van der Waals surface area contributed by atoms with Gasteiger partial charge in [0.1, 0.15) is 0 Å². The van der Waals surface area contributed by atoms with Crippen molar-refractivity contribution in [1.82, 2.24) is 0 Å². The highest BCUT2D eigenvalue weighted by Gasteiger charge is 2.19. The lowest BCUT2D eigenvalue weighted by Crippen LogP contribution is -2.33. The molecular weight excluding hydrogens is 161 g/mol. The van der Waals surface area contributed by atoms with Gasteiger partial charge in [-0.05, 0) is 17.4 Å². The smallest absolute Gasteiger partial charge is 0.423 e. The monoisotopic (exact) mass is 171 g/mol. The van der Waals surface area contributed by atoms with E-state index in [2.05, 4.69) is 0 Å². The highest BCUT2D eigenvalue weighted by Crippen LogP contribution is 2.14. The fourth-order valence-corrected chi connectivity index (χ4v) is 1.91. The van der Waals surface area contributed by atoms with Crippen molar-refractivity contribution in [3.63, 3.8) is 0 Å². The molecule has 0 saturated carbocycles. The van der Waals surface area contributed by atoms with Gasteiger partial charge in [0, 0.05) is 5.46 Å². The maximum Gasteiger partial charge on any atom is 0.491 e. The summed E-state index contributed by atoms with van der Waals surface area (Å²) in [5.74, 6) is 0. The molecule has 0 aromatic carbocycles. The minimum atomic E-state index is -1.43. The van der Waals surface area contributed by atoms with Crippen LogP contribution < -0.4 is 11.2 Å². The van der Waals surface area contributed by atoms with E-state index in [1.165, 1.54) is 11.3 Å². The summed E-state index contributed by atoms with van der Waals surface area (Å²) in [5.41, 5.74) is 6.91. The fourth-order valence-electron chi connectivity index (χ4n) is 0.987. The van der Waals surface area contributed by atoms with Crippen molar-refractivity contribution in [2.45, 2.75) is 13.3 Å². The van der Waals surface area contributed by atoms with Gasteiger partial charge in [0.05, 0.1) is 5.00 Å². The zero-order valence-electron chi connectivity index (χ0n) is 6.24. The zero-order valence-corrected chi connectivity index (χ0v) is 7.06. The Labute approximate surface area is 69.6 Å². The first kappa shape index (κ1) is 8.58. The second-order valence-electron chi connectivity index (χ2n) is 2.27. The third-order valence-corrected chi connectivity index (χ3v) is 2.45. The predicted octanol–water partition coefficient (Wildman–Crippen LogP) is -0.427. The lowest BCUT2D eigenvalue weighted by Gasteiger charge is -2.00. The van der Waals surface area contributed by atoms with E-state index in [0.717, 1.165) is 12.0 Å². The molecule has 0 aliphatic carbocycles. The molecule has 0 bridgehead atoms. The molecular formula is C6H10BNO2S. The van der Waals surface area contributed by atoms with E-state index < -0.39 is 7.12 Å². The molecule has 1 heterocycles. The first-order valence-corrected chi connectivity index (χ1v) is 4.26. The van der Waals surface area contributed by atoms with Gasteiger partial charge >= 0.3 is 7.12 Å². The van der Waals surface area contributed by atoms with Crippen LogP contribution in [0.5, 0.6) is 0 Å². The molecule has 60 valence electrons. The second kappa shape index (κ2) is 3.25. The van der Waals surface area contributed by atoms with Crippen LogP contribution in [-0.4, -0.2) is 17.2 Å². The minimum Gasteiger partial charge on any atom is -0.423 e. The fraction of sp³-hybridized carbons (Fsp3) is 0.333. The van der Waals surface area contributed by atoms with Crippen LogP contribution >= 0.6 is 11.3 Å². The van der Waals surface area contributed by atoms with Crippen LogP contribution in [0.2, 0.25) is 0 Å². The van der Waals surface area contributed by atoms with Crippen LogP contribution in [0.4, 0.5) is 5.00 Å². The summed E-state index contributed by atoms with van der Waals surface area (Å²) in [6.45, 7) is 1.95. The molecule has 5 heteroatoms. The molecule has 0 saturated heterocycles. The van der Waals surface area contributed by atoms with E-state index in [9.17, 15) is 0 Å². The van der Waals surface area contributed by atoms with Crippen molar-refractivity contribution in [2.75, 3.05) is 5.73 Å². The van der Waals surface area contributed by atoms with Crippen LogP contribution in [0.3, 0.4) is 0 Å². The summed E-state index contributed by atoms with van der Waals surface area (Å²) in [5, 5.41) is 20.1. The van der Waals surface area contributed by atoms with E-state index in [1.54, 1.807) is 0 Å². The lowest BCUT2D eigenvalue weighted by molar-refractivity contribution is 0.426. The molecule has 0 spiro atoms. The van der Waals surface area contributed by atoms with Gasteiger partial charge in [-0.25, -0.2) is 0 Å². The largest absolute Gasteiger partial charge is 0.491 e. The van der Waals surface area contributed by atoms with Crippen molar-refractivity contribution >= 4 is 28.9 Å². The van der Waals surface area contributed by atoms with Crippen LogP contribution in [-0.2, 0) is 6.42 Å². The van der Waals surface area contributed by atoms with Crippen molar-refractivity contribution in [3.05, 3.63) is 10.9 Å². The molecule has 0 atom stereocenters. The number of nitrogen functional groups attached to an aromatic ring is 1. The quantitative estimate of drug-likeness (QED) is 0.529. The summed E-state index contributed by atoms with van der Waals surface area (Å²) in [4.78, 5) is 0. The van der Waals surface area contributed by atoms with E-state index in [1.807, 2.05) is 12.3 Å². The second-order valence-corrected chi connectivity index (χ2v) is 3.18. The SMILES string of the molecule is CCc1csc(N)c1B(O)O. The van der Waals surface area contributed by atoms with Crippen molar-refractivity contribution in [2.24, 2.45) is 0 Å². The Balaban J connectivity index is 3.07. The number of thiophene rings is 1. The van der Waals surface area contributed by atoms with Gasteiger partial charge in [0.25, 0.3) is 0 Å². The molecule has 3 nitrogen and oxygen atoms in total. The van der Waals surface area contributed by atoms with Crippen LogP contribution in [0, 0.1) is 0 Å². The van der Waals surface area contributed by atoms with Crippen LogP contribution in [0.15, 0.2) is 5.38 Å². The van der Waals surface area contributed by atoms with Gasteiger partial charge in [-0.15, -0.1) is 11.3 Å². The Bertz CT molecular complexity index is 249. The molecule has 1 rings (SSSR count). The molecule has 0 unspecified atom stereocenters. The number of hydrogen-bond donors (Lipinski definition) is 3.